The van der Waals surface area contributed by atoms with Crippen molar-refractivity contribution in [1.29, 1.82) is 0 Å². The van der Waals surface area contributed by atoms with Gasteiger partial charge in [-0.2, -0.15) is 0 Å². The van der Waals surface area contributed by atoms with E-state index in [0.717, 1.165) is 39.1 Å². The van der Waals surface area contributed by atoms with E-state index in [2.05, 4.69) is 47.9 Å². The Labute approximate surface area is 122 Å². The lowest BCUT2D eigenvalue weighted by atomic mass is 10.0. The van der Waals surface area contributed by atoms with Gasteiger partial charge in [-0.15, -0.1) is 0 Å². The van der Waals surface area contributed by atoms with E-state index < -0.39 is 0 Å². The number of halogens is 1. The van der Waals surface area contributed by atoms with Crippen molar-refractivity contribution in [2.75, 3.05) is 39.4 Å². The third-order valence-corrected chi connectivity index (χ3v) is 3.94. The van der Waals surface area contributed by atoms with E-state index in [9.17, 15) is 4.39 Å². The van der Waals surface area contributed by atoms with Gasteiger partial charge >= 0.3 is 0 Å². The lowest BCUT2D eigenvalue weighted by Crippen LogP contribution is -2.46. The first-order valence-corrected chi connectivity index (χ1v) is 7.76. The first kappa shape index (κ1) is 15.5. The number of nitrogens with zero attached hydrogens (tertiary/aromatic N) is 2. The standard InChI is InChI=1S/C17H27FN2/c1-15(2)13-16-3-5-17(6-4-16)14-20-11-9-19(8-7-18)10-12-20/h3-6,15H,7-14H2,1-2H3. The molecule has 0 aromatic heterocycles. The van der Waals surface area contributed by atoms with Crippen molar-refractivity contribution in [3.8, 4) is 0 Å². The summed E-state index contributed by atoms with van der Waals surface area (Å²) in [7, 11) is 0. The van der Waals surface area contributed by atoms with Crippen LogP contribution in [0.3, 0.4) is 0 Å². The molecule has 20 heavy (non-hydrogen) atoms. The topological polar surface area (TPSA) is 6.48 Å². The van der Waals surface area contributed by atoms with Gasteiger partial charge in [0.15, 0.2) is 0 Å². The highest BCUT2D eigenvalue weighted by atomic mass is 19.1. The van der Waals surface area contributed by atoms with Crippen molar-refractivity contribution in [3.63, 3.8) is 0 Å². The molecule has 2 nitrogen and oxygen atoms in total. The summed E-state index contributed by atoms with van der Waals surface area (Å²) in [5, 5.41) is 0. The Morgan fingerprint density at radius 3 is 2.05 bits per heavy atom. The fourth-order valence-corrected chi connectivity index (χ4v) is 2.80. The van der Waals surface area contributed by atoms with Crippen LogP contribution >= 0.6 is 0 Å². The second kappa shape index (κ2) is 7.75. The van der Waals surface area contributed by atoms with Crippen molar-refractivity contribution < 1.29 is 4.39 Å². The molecule has 1 fully saturated rings. The first-order valence-electron chi connectivity index (χ1n) is 7.76. The first-order chi connectivity index (χ1) is 9.67. The number of hydrogen-bond donors (Lipinski definition) is 0. The van der Waals surface area contributed by atoms with Crippen LogP contribution in [-0.4, -0.2) is 49.2 Å². The predicted molar refractivity (Wildman–Crippen MR) is 82.7 cm³/mol. The van der Waals surface area contributed by atoms with Gasteiger partial charge in [-0.1, -0.05) is 38.1 Å². The quantitative estimate of drug-likeness (QED) is 0.789. The molecule has 2 rings (SSSR count). The maximum Gasteiger partial charge on any atom is 0.102 e. The summed E-state index contributed by atoms with van der Waals surface area (Å²) in [6.45, 7) is 9.99. The van der Waals surface area contributed by atoms with Gasteiger partial charge in [0.2, 0.25) is 0 Å². The van der Waals surface area contributed by atoms with Gasteiger partial charge in [-0.3, -0.25) is 9.80 Å². The van der Waals surface area contributed by atoms with Gasteiger partial charge in [0.05, 0.1) is 0 Å². The Balaban J connectivity index is 1.79. The van der Waals surface area contributed by atoms with Crippen molar-refractivity contribution in [2.45, 2.75) is 26.8 Å². The highest BCUT2D eigenvalue weighted by Crippen LogP contribution is 2.12. The molecule has 0 spiro atoms. The molecule has 0 saturated carbocycles. The van der Waals surface area contributed by atoms with Crippen LogP contribution < -0.4 is 0 Å². The third kappa shape index (κ3) is 4.88. The van der Waals surface area contributed by atoms with Gasteiger partial charge in [0.25, 0.3) is 0 Å². The zero-order chi connectivity index (χ0) is 14.4. The fraction of sp³-hybridized carbons (Fsp3) is 0.647. The van der Waals surface area contributed by atoms with Gasteiger partial charge in [-0.05, 0) is 23.5 Å². The second-order valence-corrected chi connectivity index (χ2v) is 6.22. The largest absolute Gasteiger partial charge is 0.298 e. The van der Waals surface area contributed by atoms with E-state index in [0.29, 0.717) is 12.5 Å². The monoisotopic (exact) mass is 278 g/mol. The molecule has 1 saturated heterocycles. The normalized spacial score (nSPS) is 17.8. The SMILES string of the molecule is CC(C)Cc1ccc(CN2CCN(CCF)CC2)cc1. The summed E-state index contributed by atoms with van der Waals surface area (Å²) in [4.78, 5) is 4.68. The van der Waals surface area contributed by atoms with Crippen molar-refractivity contribution in [3.05, 3.63) is 35.4 Å². The van der Waals surface area contributed by atoms with Gasteiger partial charge in [0.1, 0.15) is 6.67 Å². The molecule has 1 aliphatic heterocycles. The third-order valence-electron chi connectivity index (χ3n) is 3.94. The molecule has 1 aromatic rings. The van der Waals surface area contributed by atoms with Crippen LogP contribution in [0.1, 0.15) is 25.0 Å². The Morgan fingerprint density at radius 1 is 0.950 bits per heavy atom. The summed E-state index contributed by atoms with van der Waals surface area (Å²) >= 11 is 0. The van der Waals surface area contributed by atoms with Crippen LogP contribution in [0.15, 0.2) is 24.3 Å². The number of hydrogen-bond acceptors (Lipinski definition) is 2. The summed E-state index contributed by atoms with van der Waals surface area (Å²) < 4.78 is 12.3. The molecule has 0 atom stereocenters. The van der Waals surface area contributed by atoms with E-state index in [1.165, 1.54) is 11.1 Å². The van der Waals surface area contributed by atoms with Crippen LogP contribution in [0.4, 0.5) is 4.39 Å². The summed E-state index contributed by atoms with van der Waals surface area (Å²) in [5.74, 6) is 0.712. The molecular formula is C17H27FN2. The molecule has 0 aliphatic carbocycles. The molecular weight excluding hydrogens is 251 g/mol. The molecule has 0 amide bonds. The highest BCUT2D eigenvalue weighted by molar-refractivity contribution is 5.22. The summed E-state index contributed by atoms with van der Waals surface area (Å²) in [6, 6.07) is 9.03. The van der Waals surface area contributed by atoms with Crippen LogP contribution in [0.2, 0.25) is 0 Å². The van der Waals surface area contributed by atoms with Crippen molar-refractivity contribution in [2.24, 2.45) is 5.92 Å². The smallest absolute Gasteiger partial charge is 0.102 e. The number of rotatable bonds is 6. The zero-order valence-corrected chi connectivity index (χ0v) is 12.8. The Kier molecular flexibility index (Phi) is 5.99. The van der Waals surface area contributed by atoms with E-state index >= 15 is 0 Å². The molecule has 1 aromatic carbocycles. The predicted octanol–water partition coefficient (Wildman–Crippen LogP) is 2.97. The molecule has 0 N–H and O–H groups in total. The highest BCUT2D eigenvalue weighted by Gasteiger charge is 2.16. The fourth-order valence-electron chi connectivity index (χ4n) is 2.80. The second-order valence-electron chi connectivity index (χ2n) is 6.22. The van der Waals surface area contributed by atoms with E-state index in [-0.39, 0.29) is 6.67 Å². The van der Waals surface area contributed by atoms with E-state index in [1.54, 1.807) is 0 Å². The molecule has 1 aliphatic rings. The van der Waals surface area contributed by atoms with Crippen LogP contribution in [0.25, 0.3) is 0 Å². The lowest BCUT2D eigenvalue weighted by molar-refractivity contribution is 0.121. The minimum atomic E-state index is -0.225. The molecule has 0 bridgehead atoms. The maximum absolute atomic E-state index is 12.3. The zero-order valence-electron chi connectivity index (χ0n) is 12.8. The van der Waals surface area contributed by atoms with Crippen LogP contribution in [0, 0.1) is 5.92 Å². The molecule has 0 radical (unpaired) electrons. The average molecular weight is 278 g/mol. The molecule has 3 heteroatoms. The summed E-state index contributed by atoms with van der Waals surface area (Å²) in [5.41, 5.74) is 2.81. The van der Waals surface area contributed by atoms with Gasteiger partial charge < -0.3 is 0 Å². The Morgan fingerprint density at radius 2 is 1.50 bits per heavy atom. The minimum absolute atomic E-state index is 0.225. The van der Waals surface area contributed by atoms with Gasteiger partial charge in [-0.25, -0.2) is 4.39 Å². The Hall–Kier alpha value is -0.930. The number of alkyl halides is 1. The van der Waals surface area contributed by atoms with Crippen molar-refractivity contribution in [1.82, 2.24) is 9.80 Å². The van der Waals surface area contributed by atoms with Crippen LogP contribution in [0.5, 0.6) is 0 Å². The molecule has 112 valence electrons. The Bertz CT molecular complexity index is 380. The maximum atomic E-state index is 12.3. The average Bonchev–Trinajstić information content (AvgIpc) is 2.43. The number of piperazine rings is 1. The lowest BCUT2D eigenvalue weighted by Gasteiger charge is -2.34. The molecule has 0 unspecified atom stereocenters. The van der Waals surface area contributed by atoms with Gasteiger partial charge in [0, 0.05) is 39.3 Å². The summed E-state index contributed by atoms with van der Waals surface area (Å²) in [6.07, 6.45) is 1.15. The van der Waals surface area contributed by atoms with E-state index in [4.69, 9.17) is 0 Å². The van der Waals surface area contributed by atoms with Crippen molar-refractivity contribution >= 4 is 0 Å². The van der Waals surface area contributed by atoms with Crippen LogP contribution in [-0.2, 0) is 13.0 Å². The van der Waals surface area contributed by atoms with E-state index in [1.807, 2.05) is 0 Å². The minimum Gasteiger partial charge on any atom is -0.298 e. The molecule has 1 heterocycles. The number of benzene rings is 1.